The number of benzene rings is 11. The number of rotatable bonds is 10. The molecule has 456 valence electrons. The Bertz CT molecular complexity index is 3920. The van der Waals surface area contributed by atoms with Crippen LogP contribution in [0.5, 0.6) is 5.75 Å². The van der Waals surface area contributed by atoms with Crippen molar-refractivity contribution in [2.75, 3.05) is 5.73 Å². The Morgan fingerprint density at radius 3 is 1.02 bits per heavy atom. The number of hydrogen-bond donors (Lipinski definition) is 3. The minimum atomic E-state index is -2.36. The number of carboxylic acid groups (broad SMARTS) is 3. The van der Waals surface area contributed by atoms with E-state index in [2.05, 4.69) is 267 Å². The van der Waals surface area contributed by atoms with Crippen LogP contribution in [0.15, 0.2) is 302 Å². The van der Waals surface area contributed by atoms with Gasteiger partial charge in [-0.2, -0.15) is 0 Å². The van der Waals surface area contributed by atoms with Gasteiger partial charge in [0.1, 0.15) is 5.69 Å². The molecule has 0 aliphatic heterocycles. The molecule has 12 aromatic rings. The summed E-state index contributed by atoms with van der Waals surface area (Å²) in [6, 6.07) is 95.7. The zero-order valence-corrected chi connectivity index (χ0v) is 54.7. The van der Waals surface area contributed by atoms with Gasteiger partial charge in [-0.1, -0.05) is 157 Å². The van der Waals surface area contributed by atoms with Gasteiger partial charge in [0, 0.05) is 28.4 Å². The van der Waals surface area contributed by atoms with Crippen molar-refractivity contribution >= 4 is 121 Å². The summed E-state index contributed by atoms with van der Waals surface area (Å²) in [5.74, 6) is -13.5. The summed E-state index contributed by atoms with van der Waals surface area (Å²) < 4.78 is 54.6. The minimum Gasteiger partial charge on any atom is -0.871 e. The molecule has 0 saturated heterocycles. The van der Waals surface area contributed by atoms with Crippen molar-refractivity contribution in [2.24, 2.45) is 0 Å². The monoisotopic (exact) mass is 1490 g/mol. The molecule has 0 bridgehead atoms. The number of thiophene rings is 1. The Kier molecular flexibility index (Phi) is 25.6. The van der Waals surface area contributed by atoms with Gasteiger partial charge in [-0.25, -0.2) is 22.4 Å². The van der Waals surface area contributed by atoms with Crippen LogP contribution in [-0.4, -0.2) is 33.7 Å². The molecule has 0 fully saturated rings. The second kappa shape index (κ2) is 33.4. The quantitative estimate of drug-likeness (QED) is 0.0394. The number of carbonyl (C=O) groups is 3. The lowest BCUT2D eigenvalue weighted by molar-refractivity contribution is -0.322. The molecule has 0 amide bonds. The fraction of sp³-hybridized carbons (Fsp3) is 0.0417. The van der Waals surface area contributed by atoms with E-state index in [1.807, 2.05) is 45.2 Å². The number of hydrogen-bond acceptors (Lipinski definition) is 8. The lowest BCUT2D eigenvalue weighted by atomic mass is 10.1. The fourth-order valence-electron chi connectivity index (χ4n) is 8.37. The number of nitrogen functional groups attached to an aromatic ring is 1. The van der Waals surface area contributed by atoms with Crippen LogP contribution in [-0.2, 0) is 26.6 Å². The molecule has 0 atom stereocenters. The first-order valence-electron chi connectivity index (χ1n) is 27.1. The van der Waals surface area contributed by atoms with Crippen LogP contribution in [0.1, 0.15) is 34.6 Å². The molecule has 0 aliphatic rings. The van der Waals surface area contributed by atoms with Gasteiger partial charge in [0.25, 0.3) is 0 Å². The fourth-order valence-corrected chi connectivity index (χ4v) is 16.8. The van der Waals surface area contributed by atoms with Gasteiger partial charge < -0.3 is 40.9 Å². The van der Waals surface area contributed by atoms with Gasteiger partial charge in [0.15, 0.2) is 66.9 Å². The van der Waals surface area contributed by atoms with E-state index in [-0.39, 0.29) is 37.8 Å². The van der Waals surface area contributed by atoms with Crippen molar-refractivity contribution in [1.82, 2.24) is 0 Å². The molecule has 0 saturated carbocycles. The predicted octanol–water partition coefficient (Wildman–Crippen LogP) is 15.7. The summed E-state index contributed by atoms with van der Waals surface area (Å²) in [5.41, 5.74) is -0.469. The van der Waals surface area contributed by atoms with E-state index in [1.54, 1.807) is 6.07 Å². The molecule has 1 aromatic heterocycles. The number of halogens is 6. The predicted molar refractivity (Wildman–Crippen MR) is 363 cm³/mol. The van der Waals surface area contributed by atoms with Crippen LogP contribution in [0.25, 0.3) is 25.1 Å². The molecule has 1 heterocycles. The van der Waals surface area contributed by atoms with Crippen molar-refractivity contribution in [2.45, 2.75) is 48.8 Å². The molecule has 4 N–H and O–H groups in total. The number of nitrogens with two attached hydrogens (primary N) is 1. The third-order valence-corrected chi connectivity index (χ3v) is 20.8. The van der Waals surface area contributed by atoms with Crippen molar-refractivity contribution in [3.05, 3.63) is 315 Å². The van der Waals surface area contributed by atoms with E-state index >= 15 is 0 Å². The summed E-state index contributed by atoms with van der Waals surface area (Å²) in [6.45, 7) is 2.31. The molecule has 9 nitrogen and oxygen atoms in total. The van der Waals surface area contributed by atoms with Crippen molar-refractivity contribution in [3.8, 4) is 10.6 Å². The second-order valence-corrected chi connectivity index (χ2v) is 27.8. The lowest BCUT2D eigenvalue weighted by Crippen LogP contribution is -2.43. The number of carboxylic acids is 3. The van der Waals surface area contributed by atoms with E-state index in [0.29, 0.717) is 3.57 Å². The van der Waals surface area contributed by atoms with E-state index in [9.17, 15) is 47.3 Å². The van der Waals surface area contributed by atoms with Gasteiger partial charge in [-0.3, -0.25) is 0 Å². The van der Waals surface area contributed by atoms with Crippen molar-refractivity contribution in [1.29, 1.82) is 0 Å². The number of anilines is 1. The number of aliphatic hydroxyl groups is 1. The van der Waals surface area contributed by atoms with Crippen LogP contribution in [0, 0.1) is 30.4 Å². The van der Waals surface area contributed by atoms with Crippen LogP contribution in [0.2, 0.25) is 0 Å². The maximum Gasteiger partial charge on any atom is 0.335 e. The summed E-state index contributed by atoms with van der Waals surface area (Å²) in [7, 11) is 0.0302. The highest BCUT2D eigenvalue weighted by Gasteiger charge is 2.30. The van der Waals surface area contributed by atoms with E-state index < -0.39 is 63.8 Å². The highest BCUT2D eigenvalue weighted by Crippen LogP contribution is 2.48. The molecule has 18 heteroatoms. The third kappa shape index (κ3) is 18.3. The first-order chi connectivity index (χ1) is 43.2. The zero-order valence-electron chi connectivity index (χ0n) is 47.9. The van der Waals surface area contributed by atoms with Crippen LogP contribution in [0.4, 0.5) is 23.2 Å². The summed E-state index contributed by atoms with van der Waals surface area (Å²) in [5, 5.41) is 50.8. The number of aromatic carboxylic acids is 2. The molecule has 0 spiro atoms. The highest BCUT2D eigenvalue weighted by molar-refractivity contribution is 14.1. The van der Waals surface area contributed by atoms with E-state index in [0.717, 1.165) is 17.4 Å². The van der Waals surface area contributed by atoms with Gasteiger partial charge in [-0.15, -0.1) is 0 Å². The Morgan fingerprint density at radius 1 is 0.467 bits per heavy atom. The SMILES string of the molecule is CC(C)(O)C(=O)[O-].Nc1c(F)c(F)c(C(=O)[O-])c(F)c1F.O=C(O)c1cc(I)cc(I)c1[O-].c1ccc(-[s+]2c3ccccc3c3ccccc32)cc1.c1ccc([S+](c2ccccc2)c2ccccc2)cc1.c1ccc([S+](c2ccccc2)c2ccccc2)cc1. The molecule has 0 aliphatic carbocycles. The van der Waals surface area contributed by atoms with Gasteiger partial charge >= 0.3 is 5.97 Å². The molecule has 12 rings (SSSR count). The van der Waals surface area contributed by atoms with Crippen LogP contribution < -0.4 is 21.1 Å². The zero-order chi connectivity index (χ0) is 64.9. The average Bonchev–Trinajstić information content (AvgIpc) is 1.75. The molecular weight excluding hydrogens is 1430 g/mol. The molecule has 0 unspecified atom stereocenters. The normalized spacial score (nSPS) is 10.6. The van der Waals surface area contributed by atoms with Gasteiger partial charge in [0.05, 0.1) is 50.5 Å². The summed E-state index contributed by atoms with van der Waals surface area (Å²) in [6.07, 6.45) is 0. The van der Waals surface area contributed by atoms with E-state index in [4.69, 9.17) is 10.2 Å². The van der Waals surface area contributed by atoms with Crippen molar-refractivity contribution < 1.29 is 57.5 Å². The van der Waals surface area contributed by atoms with Gasteiger partial charge in [-0.05, 0) is 180 Å². The standard InChI is InChI=1S/C18H13S.2C18H15S.C7H3F4NO2.C7H4I2O3.C4H8O3/c1-2-8-14(9-3-1)19-17-12-6-4-10-15(17)16-11-5-7-13-18(16)19;2*1-4-10-16(11-5-1)19(17-12-6-2-7-13-17)18-14-8-3-9-15-18;8-2-1(7(13)14)3(9)5(11)6(12)4(2)10;8-3-1-4(7(11)12)6(10)5(9)2-3;1-4(2,7)3(5)6/h1-13H;2*1-15H;12H2,(H,13,14);1-2,10H,(H,11,12);7H,1-2H3,(H,5,6)/q3*+1;;;/p-3. The lowest BCUT2D eigenvalue weighted by Gasteiger charge is -2.16. The van der Waals surface area contributed by atoms with Crippen LogP contribution >= 0.6 is 55.7 Å². The summed E-state index contributed by atoms with van der Waals surface area (Å²) in [4.78, 5) is 39.8. The number of fused-ring (bicyclic) bond motifs is 3. The third-order valence-electron chi connectivity index (χ3n) is 12.6. The summed E-state index contributed by atoms with van der Waals surface area (Å²) >= 11 is 3.80. The maximum absolute atomic E-state index is 12.7. The second-order valence-electron chi connectivity index (χ2n) is 19.4. The molecule has 11 aromatic carbocycles. The Labute approximate surface area is 553 Å². The molecular formula is C72H55F4I2NO8S3. The average molecular weight is 1490 g/mol. The molecule has 90 heavy (non-hydrogen) atoms. The van der Waals surface area contributed by atoms with Crippen molar-refractivity contribution in [3.63, 3.8) is 0 Å². The number of carbonyl (C=O) groups excluding carboxylic acids is 2. The Hall–Kier alpha value is -8.51. The van der Waals surface area contributed by atoms with E-state index in [1.165, 1.54) is 60.5 Å². The molecule has 0 radical (unpaired) electrons. The largest absolute Gasteiger partial charge is 0.871 e. The Balaban J connectivity index is 0.000000157. The van der Waals surface area contributed by atoms with Gasteiger partial charge in [0.2, 0.25) is 0 Å². The maximum atomic E-state index is 12.7. The smallest absolute Gasteiger partial charge is 0.335 e. The highest BCUT2D eigenvalue weighted by atomic mass is 127. The first-order valence-corrected chi connectivity index (χ1v) is 32.9. The topological polar surface area (TPSA) is 187 Å². The Morgan fingerprint density at radius 2 is 0.744 bits per heavy atom. The minimum absolute atomic E-state index is 0.0146. The first kappa shape index (κ1) is 69.0. The van der Waals surface area contributed by atoms with Crippen LogP contribution in [0.3, 0.4) is 0 Å². The number of aliphatic carboxylic acids is 1.